The van der Waals surface area contributed by atoms with Crippen molar-refractivity contribution in [1.29, 1.82) is 0 Å². The van der Waals surface area contributed by atoms with Crippen LogP contribution in [0, 0.1) is 0 Å². The van der Waals surface area contributed by atoms with Gasteiger partial charge in [0.1, 0.15) is 5.75 Å². The van der Waals surface area contributed by atoms with Crippen molar-refractivity contribution in [3.63, 3.8) is 0 Å². The highest BCUT2D eigenvalue weighted by Crippen LogP contribution is 2.32. The molecule has 0 saturated carbocycles. The van der Waals surface area contributed by atoms with Crippen LogP contribution in [0.4, 0.5) is 0 Å². The lowest BCUT2D eigenvalue weighted by molar-refractivity contribution is 0.403. The van der Waals surface area contributed by atoms with Crippen LogP contribution in [0.1, 0.15) is 17.5 Å². The molecule has 1 aromatic carbocycles. The average Bonchev–Trinajstić information content (AvgIpc) is 2.17. The summed E-state index contributed by atoms with van der Waals surface area (Å²) in [5.41, 5.74) is 8.60. The van der Waals surface area contributed by atoms with E-state index >= 15 is 0 Å². The lowest BCUT2D eigenvalue weighted by Crippen LogP contribution is -2.28. The normalized spacial score (nSPS) is 20.4. The molecule has 2 nitrogen and oxygen atoms in total. The summed E-state index contributed by atoms with van der Waals surface area (Å²) in [5, 5.41) is 0. The number of hydrogen-bond acceptors (Lipinski definition) is 2. The van der Waals surface area contributed by atoms with Gasteiger partial charge in [-0.1, -0.05) is 15.9 Å². The predicted octanol–water partition coefficient (Wildman–Crippen LogP) is 2.27. The van der Waals surface area contributed by atoms with Crippen molar-refractivity contribution >= 4 is 15.9 Å². The first kappa shape index (κ1) is 9.99. The highest BCUT2D eigenvalue weighted by atomic mass is 79.9. The first-order valence-corrected chi connectivity index (χ1v) is 5.61. The molecule has 0 heterocycles. The topological polar surface area (TPSA) is 35.2 Å². The fourth-order valence-corrected chi connectivity index (χ4v) is 2.49. The third-order valence-electron chi connectivity index (χ3n) is 2.74. The van der Waals surface area contributed by atoms with Crippen LogP contribution in [0.2, 0.25) is 0 Å². The van der Waals surface area contributed by atoms with E-state index in [1.807, 2.05) is 6.07 Å². The summed E-state index contributed by atoms with van der Waals surface area (Å²) in [6, 6.07) is 4.47. The lowest BCUT2D eigenvalue weighted by Gasteiger charge is -2.23. The zero-order chi connectivity index (χ0) is 10.1. The number of benzene rings is 1. The van der Waals surface area contributed by atoms with Gasteiger partial charge in [-0.3, -0.25) is 0 Å². The van der Waals surface area contributed by atoms with Gasteiger partial charge in [-0.15, -0.1) is 0 Å². The van der Waals surface area contributed by atoms with Gasteiger partial charge in [-0.05, 0) is 42.5 Å². The Morgan fingerprint density at radius 2 is 2.29 bits per heavy atom. The van der Waals surface area contributed by atoms with Crippen molar-refractivity contribution in [3.05, 3.63) is 27.7 Å². The predicted molar refractivity (Wildman–Crippen MR) is 60.7 cm³/mol. The molecule has 2 rings (SSSR count). The van der Waals surface area contributed by atoms with E-state index in [0.29, 0.717) is 0 Å². The van der Waals surface area contributed by atoms with E-state index in [-0.39, 0.29) is 6.04 Å². The molecule has 0 fully saturated rings. The van der Waals surface area contributed by atoms with E-state index in [9.17, 15) is 0 Å². The summed E-state index contributed by atoms with van der Waals surface area (Å²) in [7, 11) is 1.71. The third kappa shape index (κ3) is 1.79. The molecule has 1 unspecified atom stereocenters. The van der Waals surface area contributed by atoms with Crippen LogP contribution in [0.15, 0.2) is 16.6 Å². The Hall–Kier alpha value is -0.540. The van der Waals surface area contributed by atoms with Crippen LogP contribution in [0.3, 0.4) is 0 Å². The molecule has 14 heavy (non-hydrogen) atoms. The monoisotopic (exact) mass is 255 g/mol. The van der Waals surface area contributed by atoms with Crippen molar-refractivity contribution in [1.82, 2.24) is 0 Å². The van der Waals surface area contributed by atoms with Crippen LogP contribution < -0.4 is 10.5 Å². The smallest absolute Gasteiger partial charge is 0.123 e. The maximum atomic E-state index is 5.94. The van der Waals surface area contributed by atoms with Crippen molar-refractivity contribution in [2.24, 2.45) is 5.73 Å². The Kier molecular flexibility index (Phi) is 2.79. The molecule has 1 atom stereocenters. The molecule has 1 aliphatic carbocycles. The molecule has 0 amide bonds. The van der Waals surface area contributed by atoms with E-state index in [4.69, 9.17) is 10.5 Å². The van der Waals surface area contributed by atoms with Gasteiger partial charge in [-0.2, -0.15) is 0 Å². The number of fused-ring (bicyclic) bond motifs is 1. The fraction of sp³-hybridized carbons (Fsp3) is 0.455. The molecule has 0 aliphatic heterocycles. The SMILES string of the molecule is COc1cc(Br)cc2c1CC(N)CC2. The first-order valence-electron chi connectivity index (χ1n) is 4.81. The number of halogens is 1. The Balaban J connectivity index is 2.47. The number of methoxy groups -OCH3 is 1. The zero-order valence-electron chi connectivity index (χ0n) is 8.22. The Labute approximate surface area is 92.6 Å². The number of ether oxygens (including phenoxy) is 1. The highest BCUT2D eigenvalue weighted by molar-refractivity contribution is 9.10. The molecule has 0 saturated heterocycles. The summed E-state index contributed by atoms with van der Waals surface area (Å²) in [6.07, 6.45) is 3.07. The fourth-order valence-electron chi connectivity index (χ4n) is 2.01. The van der Waals surface area contributed by atoms with E-state index in [2.05, 4.69) is 22.0 Å². The molecule has 1 aliphatic rings. The molecule has 0 spiro atoms. The summed E-state index contributed by atoms with van der Waals surface area (Å²) >= 11 is 3.49. The summed E-state index contributed by atoms with van der Waals surface area (Å²) in [6.45, 7) is 0. The van der Waals surface area contributed by atoms with E-state index in [1.54, 1.807) is 7.11 Å². The van der Waals surface area contributed by atoms with E-state index < -0.39 is 0 Å². The molecule has 1 aromatic rings. The van der Waals surface area contributed by atoms with Gasteiger partial charge in [0.2, 0.25) is 0 Å². The molecule has 3 heteroatoms. The second-order valence-electron chi connectivity index (χ2n) is 3.75. The molecule has 76 valence electrons. The van der Waals surface area contributed by atoms with Crippen molar-refractivity contribution in [3.8, 4) is 5.75 Å². The largest absolute Gasteiger partial charge is 0.496 e. The zero-order valence-corrected chi connectivity index (χ0v) is 9.80. The van der Waals surface area contributed by atoms with Gasteiger partial charge in [0, 0.05) is 10.5 Å². The van der Waals surface area contributed by atoms with Crippen molar-refractivity contribution in [2.45, 2.75) is 25.3 Å². The van der Waals surface area contributed by atoms with Crippen LogP contribution in [0.5, 0.6) is 5.75 Å². The minimum atomic E-state index is 0.289. The van der Waals surface area contributed by atoms with Crippen LogP contribution in [-0.2, 0) is 12.8 Å². The summed E-state index contributed by atoms with van der Waals surface area (Å²) in [5.74, 6) is 0.963. The van der Waals surface area contributed by atoms with Crippen LogP contribution in [0.25, 0.3) is 0 Å². The first-order chi connectivity index (χ1) is 6.70. The average molecular weight is 256 g/mol. The van der Waals surface area contributed by atoms with Gasteiger partial charge in [0.05, 0.1) is 7.11 Å². The van der Waals surface area contributed by atoms with Gasteiger partial charge in [0.15, 0.2) is 0 Å². The highest BCUT2D eigenvalue weighted by Gasteiger charge is 2.19. The molecule has 2 N–H and O–H groups in total. The molecular weight excluding hydrogens is 242 g/mol. The van der Waals surface area contributed by atoms with Crippen molar-refractivity contribution in [2.75, 3.05) is 7.11 Å². The molecular formula is C11H14BrNO. The maximum Gasteiger partial charge on any atom is 0.123 e. The van der Waals surface area contributed by atoms with E-state index in [1.165, 1.54) is 11.1 Å². The Morgan fingerprint density at radius 3 is 3.00 bits per heavy atom. The number of nitrogens with two attached hydrogens (primary N) is 1. The third-order valence-corrected chi connectivity index (χ3v) is 3.19. The minimum Gasteiger partial charge on any atom is -0.496 e. The van der Waals surface area contributed by atoms with Crippen molar-refractivity contribution < 1.29 is 4.74 Å². The van der Waals surface area contributed by atoms with Gasteiger partial charge >= 0.3 is 0 Å². The molecule has 0 bridgehead atoms. The Bertz CT molecular complexity index is 334. The summed E-state index contributed by atoms with van der Waals surface area (Å²) < 4.78 is 6.44. The lowest BCUT2D eigenvalue weighted by atomic mass is 9.88. The maximum absolute atomic E-state index is 5.94. The number of aryl methyl sites for hydroxylation is 1. The Morgan fingerprint density at radius 1 is 1.50 bits per heavy atom. The van der Waals surface area contributed by atoms with Gasteiger partial charge < -0.3 is 10.5 Å². The second-order valence-corrected chi connectivity index (χ2v) is 4.66. The molecule has 0 radical (unpaired) electrons. The standard InChI is InChI=1S/C11H14BrNO/c1-14-11-5-8(12)4-7-2-3-9(13)6-10(7)11/h4-5,9H,2-3,6,13H2,1H3. The number of rotatable bonds is 1. The van der Waals surface area contributed by atoms with E-state index in [0.717, 1.165) is 29.5 Å². The van der Waals surface area contributed by atoms with Crippen LogP contribution in [-0.4, -0.2) is 13.2 Å². The minimum absolute atomic E-state index is 0.289. The van der Waals surface area contributed by atoms with Gasteiger partial charge in [-0.25, -0.2) is 0 Å². The van der Waals surface area contributed by atoms with Crippen LogP contribution >= 0.6 is 15.9 Å². The number of hydrogen-bond donors (Lipinski definition) is 1. The van der Waals surface area contributed by atoms with Gasteiger partial charge in [0.25, 0.3) is 0 Å². The summed E-state index contributed by atoms with van der Waals surface area (Å²) in [4.78, 5) is 0. The molecule has 0 aromatic heterocycles. The second kappa shape index (κ2) is 3.91. The quantitative estimate of drug-likeness (QED) is 0.836.